The summed E-state index contributed by atoms with van der Waals surface area (Å²) < 4.78 is 2.37. The first-order valence-corrected chi connectivity index (χ1v) is 9.75. The maximum Gasteiger partial charge on any atom is 0.248 e. The predicted molar refractivity (Wildman–Crippen MR) is 105 cm³/mol. The summed E-state index contributed by atoms with van der Waals surface area (Å²) >= 11 is 0. The van der Waals surface area contributed by atoms with Crippen molar-refractivity contribution in [1.82, 2.24) is 14.5 Å². The fourth-order valence-electron chi connectivity index (χ4n) is 5.03. The highest BCUT2D eigenvalue weighted by molar-refractivity contribution is 5.97. The standard InChI is InChI=1S/C22H24N4O/c23-22(27)16-5-4-15-8-10-25(21(15)11-16)20-12-18-6-7-19(13-20)26(18)14-17-3-1-2-9-24-17/h1-5,8-11,18-20H,6-7,12-14H2,(H2,23,27). The minimum Gasteiger partial charge on any atom is -0.366 e. The average molecular weight is 360 g/mol. The van der Waals surface area contributed by atoms with Gasteiger partial charge >= 0.3 is 0 Å². The molecule has 2 bridgehead atoms. The molecule has 5 heteroatoms. The number of amides is 1. The number of pyridine rings is 1. The van der Waals surface area contributed by atoms with Gasteiger partial charge in [0.25, 0.3) is 0 Å². The van der Waals surface area contributed by atoms with E-state index in [2.05, 4.69) is 38.8 Å². The number of primary amides is 1. The van der Waals surface area contributed by atoms with Gasteiger partial charge in [-0.05, 0) is 61.4 Å². The second-order valence-electron chi connectivity index (χ2n) is 7.86. The van der Waals surface area contributed by atoms with Crippen molar-refractivity contribution in [2.45, 2.75) is 50.4 Å². The lowest BCUT2D eigenvalue weighted by atomic mass is 9.96. The molecule has 2 aliphatic rings. The number of nitrogens with zero attached hydrogens (tertiary/aromatic N) is 3. The lowest BCUT2D eigenvalue weighted by Gasteiger charge is -2.39. The van der Waals surface area contributed by atoms with Gasteiger partial charge in [0.1, 0.15) is 0 Å². The third-order valence-electron chi connectivity index (χ3n) is 6.33. The number of nitrogens with two attached hydrogens (primary N) is 1. The summed E-state index contributed by atoms with van der Waals surface area (Å²) in [4.78, 5) is 18.8. The molecule has 4 heterocycles. The molecule has 138 valence electrons. The highest BCUT2D eigenvalue weighted by Gasteiger charge is 2.41. The third kappa shape index (κ3) is 2.92. The zero-order valence-corrected chi connectivity index (χ0v) is 15.3. The number of carbonyl (C=O) groups excluding carboxylic acids is 1. The van der Waals surface area contributed by atoms with Crippen LogP contribution in [0, 0.1) is 0 Å². The van der Waals surface area contributed by atoms with Crippen LogP contribution in [-0.2, 0) is 6.54 Å². The number of rotatable bonds is 4. The topological polar surface area (TPSA) is 64.2 Å². The van der Waals surface area contributed by atoms with E-state index >= 15 is 0 Å². The zero-order valence-electron chi connectivity index (χ0n) is 15.3. The summed E-state index contributed by atoms with van der Waals surface area (Å²) in [5.41, 5.74) is 8.35. The van der Waals surface area contributed by atoms with Crippen LogP contribution in [0.2, 0.25) is 0 Å². The van der Waals surface area contributed by atoms with Crippen LogP contribution in [-0.4, -0.2) is 32.4 Å². The lowest BCUT2D eigenvalue weighted by Crippen LogP contribution is -2.42. The normalized spacial score (nSPS) is 25.1. The van der Waals surface area contributed by atoms with Gasteiger partial charge in [0.2, 0.25) is 5.91 Å². The van der Waals surface area contributed by atoms with Crippen molar-refractivity contribution in [2.24, 2.45) is 5.73 Å². The lowest BCUT2D eigenvalue weighted by molar-refractivity contribution is 0.0990. The maximum absolute atomic E-state index is 11.6. The van der Waals surface area contributed by atoms with Crippen molar-refractivity contribution < 1.29 is 4.79 Å². The van der Waals surface area contributed by atoms with Crippen molar-refractivity contribution >= 4 is 16.8 Å². The molecule has 2 fully saturated rings. The first-order valence-electron chi connectivity index (χ1n) is 9.75. The summed E-state index contributed by atoms with van der Waals surface area (Å²) in [6.45, 7) is 0.946. The molecule has 3 aromatic rings. The maximum atomic E-state index is 11.6. The van der Waals surface area contributed by atoms with E-state index in [9.17, 15) is 4.79 Å². The van der Waals surface area contributed by atoms with Gasteiger partial charge in [0.15, 0.2) is 0 Å². The molecule has 0 spiro atoms. The van der Waals surface area contributed by atoms with Gasteiger partial charge in [-0.15, -0.1) is 0 Å². The Hall–Kier alpha value is -2.66. The quantitative estimate of drug-likeness (QED) is 0.774. The van der Waals surface area contributed by atoms with Crippen LogP contribution in [0.25, 0.3) is 10.9 Å². The first kappa shape index (κ1) is 16.5. The SMILES string of the molecule is NC(=O)c1ccc2ccn(C3CC4CCC(C3)N4Cc3ccccn3)c2c1. The molecule has 2 saturated heterocycles. The number of carbonyl (C=O) groups is 1. The Morgan fingerprint density at radius 2 is 1.89 bits per heavy atom. The Morgan fingerprint density at radius 1 is 1.07 bits per heavy atom. The Balaban J connectivity index is 1.40. The third-order valence-corrected chi connectivity index (χ3v) is 6.33. The van der Waals surface area contributed by atoms with Crippen molar-refractivity contribution in [2.75, 3.05) is 0 Å². The highest BCUT2D eigenvalue weighted by atomic mass is 16.1. The molecular weight excluding hydrogens is 336 g/mol. The van der Waals surface area contributed by atoms with Crippen molar-refractivity contribution in [3.8, 4) is 0 Å². The Morgan fingerprint density at radius 3 is 2.59 bits per heavy atom. The van der Waals surface area contributed by atoms with Gasteiger partial charge in [-0.25, -0.2) is 0 Å². The minimum absolute atomic E-state index is 0.366. The molecule has 0 radical (unpaired) electrons. The number of hydrogen-bond acceptors (Lipinski definition) is 3. The van der Waals surface area contributed by atoms with Crippen LogP contribution in [0.4, 0.5) is 0 Å². The van der Waals surface area contributed by atoms with Gasteiger partial charge in [0, 0.05) is 48.1 Å². The molecule has 2 atom stereocenters. The van der Waals surface area contributed by atoms with Crippen LogP contribution in [0.5, 0.6) is 0 Å². The Bertz CT molecular complexity index is 966. The molecule has 2 N–H and O–H groups in total. The van der Waals surface area contributed by atoms with Gasteiger partial charge in [-0.3, -0.25) is 14.7 Å². The summed E-state index contributed by atoms with van der Waals surface area (Å²) in [5, 5.41) is 1.17. The molecule has 1 amide bonds. The van der Waals surface area contributed by atoms with E-state index in [1.54, 1.807) is 0 Å². The van der Waals surface area contributed by atoms with E-state index in [1.807, 2.05) is 30.5 Å². The molecule has 2 unspecified atom stereocenters. The minimum atomic E-state index is -0.366. The molecule has 1 aromatic carbocycles. The fourth-order valence-corrected chi connectivity index (χ4v) is 5.03. The molecule has 5 nitrogen and oxygen atoms in total. The zero-order chi connectivity index (χ0) is 18.4. The second kappa shape index (κ2) is 6.50. The summed E-state index contributed by atoms with van der Waals surface area (Å²) in [6, 6.07) is 15.7. The van der Waals surface area contributed by atoms with E-state index in [1.165, 1.54) is 18.2 Å². The molecular formula is C22H24N4O. The van der Waals surface area contributed by atoms with Crippen LogP contribution in [0.1, 0.15) is 47.8 Å². The molecule has 27 heavy (non-hydrogen) atoms. The second-order valence-corrected chi connectivity index (χ2v) is 7.86. The Kier molecular flexibility index (Phi) is 3.97. The molecule has 2 aliphatic heterocycles. The van der Waals surface area contributed by atoms with E-state index in [4.69, 9.17) is 5.73 Å². The van der Waals surface area contributed by atoms with E-state index in [0.717, 1.165) is 30.6 Å². The van der Waals surface area contributed by atoms with Crippen LogP contribution >= 0.6 is 0 Å². The van der Waals surface area contributed by atoms with Crippen molar-refractivity contribution in [3.05, 3.63) is 66.1 Å². The first-order chi connectivity index (χ1) is 13.2. The fraction of sp³-hybridized carbons (Fsp3) is 0.364. The van der Waals surface area contributed by atoms with Crippen LogP contribution in [0.3, 0.4) is 0 Å². The number of benzene rings is 1. The van der Waals surface area contributed by atoms with Crippen LogP contribution in [0.15, 0.2) is 54.9 Å². The molecule has 0 aliphatic carbocycles. The number of piperidine rings is 1. The summed E-state index contributed by atoms with van der Waals surface area (Å²) in [6.07, 6.45) is 8.88. The highest BCUT2D eigenvalue weighted by Crippen LogP contribution is 2.42. The van der Waals surface area contributed by atoms with Crippen LogP contribution < -0.4 is 5.73 Å². The average Bonchev–Trinajstić information content (AvgIpc) is 3.19. The molecule has 2 aromatic heterocycles. The molecule has 5 rings (SSSR count). The number of aromatic nitrogens is 2. The summed E-state index contributed by atoms with van der Waals surface area (Å²) in [7, 11) is 0. The van der Waals surface area contributed by atoms with Gasteiger partial charge in [0.05, 0.1) is 5.69 Å². The van der Waals surface area contributed by atoms with Gasteiger partial charge in [-0.2, -0.15) is 0 Å². The smallest absolute Gasteiger partial charge is 0.248 e. The summed E-state index contributed by atoms with van der Waals surface area (Å²) in [5.74, 6) is -0.366. The van der Waals surface area contributed by atoms with Gasteiger partial charge in [-0.1, -0.05) is 12.1 Å². The Labute approximate surface area is 158 Å². The largest absolute Gasteiger partial charge is 0.366 e. The molecule has 0 saturated carbocycles. The monoisotopic (exact) mass is 360 g/mol. The van der Waals surface area contributed by atoms with Crippen molar-refractivity contribution in [3.63, 3.8) is 0 Å². The van der Waals surface area contributed by atoms with E-state index in [0.29, 0.717) is 23.7 Å². The van der Waals surface area contributed by atoms with Crippen molar-refractivity contribution in [1.29, 1.82) is 0 Å². The van der Waals surface area contributed by atoms with E-state index in [-0.39, 0.29) is 5.91 Å². The number of fused-ring (bicyclic) bond motifs is 3. The van der Waals surface area contributed by atoms with Gasteiger partial charge < -0.3 is 10.3 Å². The number of hydrogen-bond donors (Lipinski definition) is 1. The predicted octanol–water partition coefficient (Wildman–Crippen LogP) is 3.50. The van der Waals surface area contributed by atoms with E-state index < -0.39 is 0 Å².